The van der Waals surface area contributed by atoms with Crippen molar-refractivity contribution < 1.29 is 23.9 Å². The molecule has 3 amide bonds. The molecule has 7 nitrogen and oxygen atoms in total. The smallest absolute Gasteiger partial charge is 0.261 e. The van der Waals surface area contributed by atoms with Crippen molar-refractivity contribution in [3.63, 3.8) is 0 Å². The summed E-state index contributed by atoms with van der Waals surface area (Å²) in [6, 6.07) is 10.0. The predicted octanol–water partition coefficient (Wildman–Crippen LogP) is 4.40. The molecule has 168 valence electrons. The van der Waals surface area contributed by atoms with Crippen LogP contribution >= 0.6 is 11.6 Å². The minimum absolute atomic E-state index is 0.119. The Hall–Kier alpha value is -3.06. The number of halogens is 1. The van der Waals surface area contributed by atoms with Crippen molar-refractivity contribution in [1.29, 1.82) is 0 Å². The zero-order valence-electron chi connectivity index (χ0n) is 18.0. The van der Waals surface area contributed by atoms with E-state index >= 15 is 0 Å². The fourth-order valence-electron chi connectivity index (χ4n) is 4.59. The molecule has 1 aliphatic heterocycles. The van der Waals surface area contributed by atoms with E-state index in [0.717, 1.165) is 19.3 Å². The molecule has 0 radical (unpaired) electrons. The lowest BCUT2D eigenvalue weighted by Crippen LogP contribution is -2.41. The Morgan fingerprint density at radius 2 is 1.66 bits per heavy atom. The van der Waals surface area contributed by atoms with E-state index in [1.54, 1.807) is 36.4 Å². The number of anilines is 1. The molecular weight excluding hydrogens is 432 g/mol. The zero-order chi connectivity index (χ0) is 22.8. The van der Waals surface area contributed by atoms with Crippen molar-refractivity contribution >= 4 is 35.0 Å². The molecule has 0 spiro atoms. The van der Waals surface area contributed by atoms with Gasteiger partial charge in [-0.2, -0.15) is 0 Å². The monoisotopic (exact) mass is 456 g/mol. The van der Waals surface area contributed by atoms with Gasteiger partial charge in [0.25, 0.3) is 11.8 Å². The highest BCUT2D eigenvalue weighted by atomic mass is 35.5. The first-order valence-electron chi connectivity index (χ1n) is 10.6. The van der Waals surface area contributed by atoms with Crippen LogP contribution in [0.15, 0.2) is 36.4 Å². The van der Waals surface area contributed by atoms with Gasteiger partial charge in [0.1, 0.15) is 11.5 Å². The summed E-state index contributed by atoms with van der Waals surface area (Å²) in [5.74, 6) is -0.357. The second kappa shape index (κ2) is 9.20. The molecule has 1 fully saturated rings. The van der Waals surface area contributed by atoms with Crippen molar-refractivity contribution in [1.82, 2.24) is 4.90 Å². The first kappa shape index (κ1) is 22.1. The van der Waals surface area contributed by atoms with Gasteiger partial charge >= 0.3 is 0 Å². The minimum atomic E-state index is -0.334. The summed E-state index contributed by atoms with van der Waals surface area (Å²) in [6.45, 7) is 0.228. The van der Waals surface area contributed by atoms with E-state index in [1.165, 1.54) is 19.1 Å². The van der Waals surface area contributed by atoms with Crippen LogP contribution in [0.2, 0.25) is 5.02 Å². The molecule has 1 N–H and O–H groups in total. The van der Waals surface area contributed by atoms with E-state index in [9.17, 15) is 14.4 Å². The van der Waals surface area contributed by atoms with Crippen LogP contribution in [0, 0.1) is 11.8 Å². The number of hydrogen-bond donors (Lipinski definition) is 1. The van der Waals surface area contributed by atoms with Crippen molar-refractivity contribution in [2.45, 2.75) is 25.7 Å². The number of amides is 3. The molecule has 2 unspecified atom stereocenters. The second-order valence-electron chi connectivity index (χ2n) is 8.09. The molecule has 0 saturated heterocycles. The van der Waals surface area contributed by atoms with Gasteiger partial charge in [0.2, 0.25) is 5.91 Å². The lowest BCUT2D eigenvalue weighted by atomic mass is 9.78. The van der Waals surface area contributed by atoms with E-state index in [4.69, 9.17) is 21.1 Å². The van der Waals surface area contributed by atoms with Crippen LogP contribution in [0.3, 0.4) is 0 Å². The molecule has 32 heavy (non-hydrogen) atoms. The van der Waals surface area contributed by atoms with Crippen LogP contribution in [0.25, 0.3) is 0 Å². The van der Waals surface area contributed by atoms with Gasteiger partial charge in [-0.15, -0.1) is 0 Å². The third-order valence-corrected chi connectivity index (χ3v) is 6.57. The molecule has 1 aliphatic carbocycles. The topological polar surface area (TPSA) is 84.9 Å². The summed E-state index contributed by atoms with van der Waals surface area (Å²) in [5, 5.41) is 3.31. The van der Waals surface area contributed by atoms with Crippen LogP contribution in [0.5, 0.6) is 11.5 Å². The summed E-state index contributed by atoms with van der Waals surface area (Å²) in [6.07, 6.45) is 3.33. The Morgan fingerprint density at radius 1 is 1.03 bits per heavy atom. The number of ether oxygens (including phenoxy) is 2. The standard InChI is InChI=1S/C24H25ClN2O5/c1-31-20-12-19(21(32-2)11-18(20)25)26-22(28)15-8-4-3-7-14(15)13-27-23(29)16-9-5-6-10-17(16)24(27)30/h5-6,9-12,14-15H,3-4,7-8,13H2,1-2H3,(H,26,28). The number of fused-ring (bicyclic) bond motifs is 1. The molecule has 4 rings (SSSR count). The van der Waals surface area contributed by atoms with Crippen LogP contribution in [0.1, 0.15) is 46.4 Å². The van der Waals surface area contributed by atoms with E-state index in [2.05, 4.69) is 5.32 Å². The normalized spacial score (nSPS) is 20.2. The molecule has 1 heterocycles. The van der Waals surface area contributed by atoms with E-state index < -0.39 is 0 Å². The number of nitrogens with zero attached hydrogens (tertiary/aromatic N) is 1. The lowest BCUT2D eigenvalue weighted by Gasteiger charge is -2.33. The van der Waals surface area contributed by atoms with Gasteiger partial charge in [-0.3, -0.25) is 19.3 Å². The zero-order valence-corrected chi connectivity index (χ0v) is 18.8. The van der Waals surface area contributed by atoms with Gasteiger partial charge in [0, 0.05) is 24.6 Å². The third kappa shape index (κ3) is 4.05. The van der Waals surface area contributed by atoms with Crippen molar-refractivity contribution in [2.24, 2.45) is 11.8 Å². The number of imide groups is 1. The summed E-state index contributed by atoms with van der Waals surface area (Å²) in [5.41, 5.74) is 1.31. The summed E-state index contributed by atoms with van der Waals surface area (Å²) in [4.78, 5) is 40.1. The molecule has 2 aromatic carbocycles. The third-order valence-electron chi connectivity index (χ3n) is 6.27. The summed E-state index contributed by atoms with van der Waals surface area (Å²) in [7, 11) is 3.00. The fraction of sp³-hybridized carbons (Fsp3) is 0.375. The molecule has 2 aliphatic rings. The number of methoxy groups -OCH3 is 2. The maximum atomic E-state index is 13.3. The van der Waals surface area contributed by atoms with Gasteiger partial charge in [-0.1, -0.05) is 36.6 Å². The molecule has 1 saturated carbocycles. The SMILES string of the molecule is COc1cc(NC(=O)C2CCCCC2CN2C(=O)c3ccccc3C2=O)c(OC)cc1Cl. The van der Waals surface area contributed by atoms with E-state index in [1.807, 2.05) is 0 Å². The second-order valence-corrected chi connectivity index (χ2v) is 8.50. The molecule has 2 atom stereocenters. The molecule has 0 bridgehead atoms. The number of nitrogens with one attached hydrogen (secondary N) is 1. The fourth-order valence-corrected chi connectivity index (χ4v) is 4.83. The Bertz CT molecular complexity index is 1040. The number of carbonyl (C=O) groups excluding carboxylic acids is 3. The predicted molar refractivity (Wildman–Crippen MR) is 120 cm³/mol. The lowest BCUT2D eigenvalue weighted by molar-refractivity contribution is -0.122. The molecule has 2 aromatic rings. The molecule has 0 aromatic heterocycles. The highest BCUT2D eigenvalue weighted by Gasteiger charge is 2.40. The summed E-state index contributed by atoms with van der Waals surface area (Å²) >= 11 is 6.16. The van der Waals surface area contributed by atoms with Crippen molar-refractivity contribution in [3.05, 3.63) is 52.5 Å². The van der Waals surface area contributed by atoms with Crippen LogP contribution in [-0.4, -0.2) is 43.4 Å². The van der Waals surface area contributed by atoms with Gasteiger partial charge in [0.15, 0.2) is 0 Å². The van der Waals surface area contributed by atoms with Crippen molar-refractivity contribution in [3.8, 4) is 11.5 Å². The quantitative estimate of drug-likeness (QED) is 0.651. The Balaban J connectivity index is 1.53. The van der Waals surface area contributed by atoms with Crippen LogP contribution in [-0.2, 0) is 4.79 Å². The summed E-state index contributed by atoms with van der Waals surface area (Å²) < 4.78 is 10.6. The van der Waals surface area contributed by atoms with Gasteiger partial charge in [-0.05, 0) is 30.9 Å². The Morgan fingerprint density at radius 3 is 2.28 bits per heavy atom. The average molecular weight is 457 g/mol. The first-order chi connectivity index (χ1) is 15.4. The maximum absolute atomic E-state index is 13.3. The first-order valence-corrected chi connectivity index (χ1v) is 11.0. The highest BCUT2D eigenvalue weighted by Crippen LogP contribution is 2.38. The number of rotatable bonds is 6. The largest absolute Gasteiger partial charge is 0.495 e. The number of benzene rings is 2. The van der Waals surface area contributed by atoms with E-state index in [-0.39, 0.29) is 36.1 Å². The van der Waals surface area contributed by atoms with Gasteiger partial charge in [0.05, 0.1) is 36.1 Å². The average Bonchev–Trinajstić information content (AvgIpc) is 3.05. The number of carbonyl (C=O) groups is 3. The molecule has 8 heteroatoms. The van der Waals surface area contributed by atoms with Gasteiger partial charge < -0.3 is 14.8 Å². The number of hydrogen-bond acceptors (Lipinski definition) is 5. The highest BCUT2D eigenvalue weighted by molar-refractivity contribution is 6.32. The van der Waals surface area contributed by atoms with E-state index in [0.29, 0.717) is 39.8 Å². The molecular formula is C24H25ClN2O5. The van der Waals surface area contributed by atoms with Crippen LogP contribution in [0.4, 0.5) is 5.69 Å². The maximum Gasteiger partial charge on any atom is 0.261 e. The Kier molecular flexibility index (Phi) is 6.37. The minimum Gasteiger partial charge on any atom is -0.495 e. The van der Waals surface area contributed by atoms with Gasteiger partial charge in [-0.25, -0.2) is 0 Å². The Labute approximate surface area is 191 Å². The van der Waals surface area contributed by atoms with Crippen LogP contribution < -0.4 is 14.8 Å². The van der Waals surface area contributed by atoms with Crippen molar-refractivity contribution in [2.75, 3.05) is 26.1 Å².